The lowest BCUT2D eigenvalue weighted by Crippen LogP contribution is -2.46. The van der Waals surface area contributed by atoms with Crippen LogP contribution in [0, 0.1) is 5.92 Å². The monoisotopic (exact) mass is 344 g/mol. The first-order valence-corrected chi connectivity index (χ1v) is 11.1. The number of hydrogen-bond donors (Lipinski definition) is 0. The standard InChI is InChI=1S/C17H32N2O3S/c1-15-4-2-7-18(12-15)8-9-19(13-17-5-3-10-22-17)16-6-11-23(20,21)14-16/h15-17H,2-14H2,1H3/t15-,16+,17+/m1/s1. The van der Waals surface area contributed by atoms with Crippen molar-refractivity contribution in [3.63, 3.8) is 0 Å². The molecule has 0 bridgehead atoms. The summed E-state index contributed by atoms with van der Waals surface area (Å²) in [6, 6.07) is 0.200. The largest absolute Gasteiger partial charge is 0.377 e. The van der Waals surface area contributed by atoms with E-state index in [2.05, 4.69) is 16.7 Å². The molecule has 3 heterocycles. The van der Waals surface area contributed by atoms with Crippen LogP contribution in [0.25, 0.3) is 0 Å². The van der Waals surface area contributed by atoms with Gasteiger partial charge in [-0.2, -0.15) is 0 Å². The van der Waals surface area contributed by atoms with Crippen LogP contribution in [0.5, 0.6) is 0 Å². The second-order valence-electron chi connectivity index (χ2n) is 7.73. The summed E-state index contributed by atoms with van der Waals surface area (Å²) < 4.78 is 29.5. The maximum atomic E-state index is 11.9. The van der Waals surface area contributed by atoms with Crippen molar-refractivity contribution in [2.24, 2.45) is 5.92 Å². The van der Waals surface area contributed by atoms with E-state index in [1.165, 1.54) is 25.9 Å². The molecule has 0 radical (unpaired) electrons. The third kappa shape index (κ3) is 5.15. The van der Waals surface area contributed by atoms with Gasteiger partial charge in [0.1, 0.15) is 0 Å². The van der Waals surface area contributed by atoms with Crippen molar-refractivity contribution in [2.75, 3.05) is 50.8 Å². The highest BCUT2D eigenvalue weighted by atomic mass is 32.2. The molecule has 3 rings (SSSR count). The summed E-state index contributed by atoms with van der Waals surface area (Å²) in [6.45, 7) is 8.53. The molecule has 23 heavy (non-hydrogen) atoms. The zero-order valence-electron chi connectivity index (χ0n) is 14.5. The number of likely N-dealkylation sites (tertiary alicyclic amines) is 1. The smallest absolute Gasteiger partial charge is 0.151 e. The normalized spacial score (nSPS) is 35.1. The Morgan fingerprint density at radius 1 is 1.22 bits per heavy atom. The predicted molar refractivity (Wildman–Crippen MR) is 92.4 cm³/mol. The van der Waals surface area contributed by atoms with E-state index in [1.54, 1.807) is 0 Å². The second-order valence-corrected chi connectivity index (χ2v) is 9.96. The Hall–Kier alpha value is -0.170. The minimum absolute atomic E-state index is 0.200. The molecular weight excluding hydrogens is 312 g/mol. The molecular formula is C17H32N2O3S. The van der Waals surface area contributed by atoms with E-state index in [1.807, 2.05) is 0 Å². The summed E-state index contributed by atoms with van der Waals surface area (Å²) in [5.41, 5.74) is 0. The quantitative estimate of drug-likeness (QED) is 0.729. The van der Waals surface area contributed by atoms with E-state index in [0.717, 1.165) is 51.4 Å². The first-order valence-electron chi connectivity index (χ1n) is 9.30. The van der Waals surface area contributed by atoms with Gasteiger partial charge in [0.2, 0.25) is 0 Å². The lowest BCUT2D eigenvalue weighted by molar-refractivity contribution is 0.0531. The third-order valence-corrected chi connectivity index (χ3v) is 7.38. The summed E-state index contributed by atoms with van der Waals surface area (Å²) in [5.74, 6) is 1.50. The van der Waals surface area contributed by atoms with Gasteiger partial charge in [0.05, 0.1) is 17.6 Å². The minimum Gasteiger partial charge on any atom is -0.377 e. The van der Waals surface area contributed by atoms with Gasteiger partial charge in [-0.25, -0.2) is 8.42 Å². The Balaban J connectivity index is 1.55. The molecule has 134 valence electrons. The fourth-order valence-corrected chi connectivity index (χ4v) is 6.06. The molecule has 0 aromatic heterocycles. The van der Waals surface area contributed by atoms with E-state index in [0.29, 0.717) is 17.6 Å². The van der Waals surface area contributed by atoms with Crippen LogP contribution in [0.2, 0.25) is 0 Å². The Morgan fingerprint density at radius 3 is 2.74 bits per heavy atom. The van der Waals surface area contributed by atoms with Crippen molar-refractivity contribution in [1.82, 2.24) is 9.80 Å². The van der Waals surface area contributed by atoms with E-state index in [4.69, 9.17) is 4.74 Å². The van der Waals surface area contributed by atoms with Crippen LogP contribution in [-0.2, 0) is 14.6 Å². The van der Waals surface area contributed by atoms with Crippen LogP contribution in [-0.4, -0.2) is 81.2 Å². The van der Waals surface area contributed by atoms with E-state index in [-0.39, 0.29) is 6.04 Å². The molecule has 0 aliphatic carbocycles. The van der Waals surface area contributed by atoms with Crippen molar-refractivity contribution >= 4 is 9.84 Å². The number of rotatable bonds is 6. The summed E-state index contributed by atoms with van der Waals surface area (Å²) in [5, 5.41) is 0. The van der Waals surface area contributed by atoms with Crippen molar-refractivity contribution < 1.29 is 13.2 Å². The maximum Gasteiger partial charge on any atom is 0.151 e. The molecule has 5 nitrogen and oxygen atoms in total. The SMILES string of the molecule is C[C@@H]1CCCN(CCN(C[C@@H]2CCCO2)[C@H]2CCS(=O)(=O)C2)C1. The second kappa shape index (κ2) is 7.81. The van der Waals surface area contributed by atoms with Crippen LogP contribution in [0.15, 0.2) is 0 Å². The fraction of sp³-hybridized carbons (Fsp3) is 1.00. The van der Waals surface area contributed by atoms with Crippen LogP contribution in [0.4, 0.5) is 0 Å². The van der Waals surface area contributed by atoms with Gasteiger partial charge in [-0.05, 0) is 44.6 Å². The van der Waals surface area contributed by atoms with Crippen molar-refractivity contribution in [3.05, 3.63) is 0 Å². The van der Waals surface area contributed by atoms with Crippen LogP contribution in [0.1, 0.15) is 39.0 Å². The molecule has 3 aliphatic heterocycles. The Morgan fingerprint density at radius 2 is 2.09 bits per heavy atom. The third-order valence-electron chi connectivity index (χ3n) is 5.63. The topological polar surface area (TPSA) is 49.9 Å². The summed E-state index contributed by atoms with van der Waals surface area (Å²) in [7, 11) is -2.82. The lowest BCUT2D eigenvalue weighted by Gasteiger charge is -2.35. The highest BCUT2D eigenvalue weighted by molar-refractivity contribution is 7.91. The molecule has 3 aliphatic rings. The van der Waals surface area contributed by atoms with Gasteiger partial charge < -0.3 is 9.64 Å². The molecule has 3 fully saturated rings. The molecule has 0 unspecified atom stereocenters. The van der Waals surface area contributed by atoms with Gasteiger partial charge in [0, 0.05) is 38.8 Å². The van der Waals surface area contributed by atoms with Crippen molar-refractivity contribution in [3.8, 4) is 0 Å². The summed E-state index contributed by atoms with van der Waals surface area (Å²) >= 11 is 0. The first kappa shape index (κ1) is 17.6. The van der Waals surface area contributed by atoms with Crippen LogP contribution >= 0.6 is 0 Å². The van der Waals surface area contributed by atoms with E-state index in [9.17, 15) is 8.42 Å². The molecule has 0 N–H and O–H groups in total. The Labute approximate surface area is 141 Å². The van der Waals surface area contributed by atoms with Gasteiger partial charge >= 0.3 is 0 Å². The predicted octanol–water partition coefficient (Wildman–Crippen LogP) is 1.39. The van der Waals surface area contributed by atoms with Gasteiger partial charge in [-0.15, -0.1) is 0 Å². The highest BCUT2D eigenvalue weighted by Gasteiger charge is 2.34. The van der Waals surface area contributed by atoms with Gasteiger partial charge in [0.15, 0.2) is 9.84 Å². The minimum atomic E-state index is -2.82. The lowest BCUT2D eigenvalue weighted by atomic mass is 10.0. The highest BCUT2D eigenvalue weighted by Crippen LogP contribution is 2.22. The van der Waals surface area contributed by atoms with Crippen molar-refractivity contribution in [2.45, 2.75) is 51.2 Å². The number of sulfone groups is 1. The molecule has 0 aromatic rings. The maximum absolute atomic E-state index is 11.9. The zero-order chi connectivity index (χ0) is 16.3. The van der Waals surface area contributed by atoms with Crippen LogP contribution in [0.3, 0.4) is 0 Å². The molecule has 0 spiro atoms. The molecule has 0 aromatic carbocycles. The van der Waals surface area contributed by atoms with E-state index < -0.39 is 9.84 Å². The number of ether oxygens (including phenoxy) is 1. The van der Waals surface area contributed by atoms with Crippen LogP contribution < -0.4 is 0 Å². The number of nitrogens with zero attached hydrogens (tertiary/aromatic N) is 2. The molecule has 0 amide bonds. The molecule has 3 atom stereocenters. The number of hydrogen-bond acceptors (Lipinski definition) is 5. The average Bonchev–Trinajstić information content (AvgIpc) is 3.13. The van der Waals surface area contributed by atoms with Gasteiger partial charge in [-0.1, -0.05) is 6.92 Å². The average molecular weight is 345 g/mol. The fourth-order valence-electron chi connectivity index (χ4n) is 4.30. The molecule has 3 saturated heterocycles. The van der Waals surface area contributed by atoms with Gasteiger partial charge in [0.25, 0.3) is 0 Å². The van der Waals surface area contributed by atoms with E-state index >= 15 is 0 Å². The Kier molecular flexibility index (Phi) is 5.99. The van der Waals surface area contributed by atoms with Gasteiger partial charge in [-0.3, -0.25) is 4.90 Å². The Bertz CT molecular complexity index is 476. The molecule has 6 heteroatoms. The summed E-state index contributed by atoms with van der Waals surface area (Å²) in [6.07, 6.45) is 6.01. The zero-order valence-corrected chi connectivity index (χ0v) is 15.3. The first-order chi connectivity index (χ1) is 11.0. The van der Waals surface area contributed by atoms with Crippen molar-refractivity contribution in [1.29, 1.82) is 0 Å². The molecule has 0 saturated carbocycles. The number of piperidine rings is 1. The summed E-state index contributed by atoms with van der Waals surface area (Å²) in [4.78, 5) is 4.97.